The summed E-state index contributed by atoms with van der Waals surface area (Å²) in [5, 5.41) is 0. The van der Waals surface area contributed by atoms with Crippen LogP contribution < -0.4 is 10.5 Å². The normalized spacial score (nSPS) is 21.6. The van der Waals surface area contributed by atoms with Crippen LogP contribution >= 0.6 is 0 Å². The molecule has 0 bridgehead atoms. The molecule has 4 nitrogen and oxygen atoms in total. The number of rotatable bonds is 3. The van der Waals surface area contributed by atoms with Gasteiger partial charge < -0.3 is 5.73 Å². The number of nitrogens with two attached hydrogens (primary N) is 1. The van der Waals surface area contributed by atoms with Crippen LogP contribution in [0.5, 0.6) is 0 Å². The van der Waals surface area contributed by atoms with Crippen LogP contribution in [0, 0.1) is 24.7 Å². The Balaban J connectivity index is 2.32. The summed E-state index contributed by atoms with van der Waals surface area (Å²) in [7, 11) is -3.46. The van der Waals surface area contributed by atoms with Crippen LogP contribution in [0.15, 0.2) is 23.1 Å². The molecule has 1 aliphatic rings. The summed E-state index contributed by atoms with van der Waals surface area (Å²) in [4.78, 5) is 0.301. The van der Waals surface area contributed by atoms with E-state index in [1.165, 1.54) is 0 Å². The van der Waals surface area contributed by atoms with Gasteiger partial charge in [0.2, 0.25) is 10.0 Å². The molecule has 0 heterocycles. The Morgan fingerprint density at radius 2 is 2.16 bits per heavy atom. The number of hydrogen-bond donors (Lipinski definition) is 2. The average Bonchev–Trinajstić information content (AvgIpc) is 3.02. The van der Waals surface area contributed by atoms with E-state index in [4.69, 9.17) is 5.73 Å². The zero-order valence-corrected chi connectivity index (χ0v) is 11.9. The predicted molar refractivity (Wildman–Crippen MR) is 75.0 cm³/mol. The third-order valence-corrected chi connectivity index (χ3v) is 4.86. The molecule has 1 saturated carbocycles. The largest absolute Gasteiger partial charge is 0.320 e. The van der Waals surface area contributed by atoms with Crippen molar-refractivity contribution in [2.75, 3.05) is 6.54 Å². The van der Waals surface area contributed by atoms with Gasteiger partial charge in [0.25, 0.3) is 0 Å². The second kappa shape index (κ2) is 5.33. The Kier molecular flexibility index (Phi) is 3.95. The lowest BCUT2D eigenvalue weighted by atomic mass is 10.1. The number of sulfonamides is 1. The van der Waals surface area contributed by atoms with Gasteiger partial charge in [0.05, 0.1) is 11.4 Å². The summed E-state index contributed by atoms with van der Waals surface area (Å²) in [6, 6.07) is 5.25. The first-order valence-corrected chi connectivity index (χ1v) is 7.74. The molecule has 2 rings (SSSR count). The molecule has 0 radical (unpaired) electrons. The van der Waals surface area contributed by atoms with Crippen molar-refractivity contribution in [1.29, 1.82) is 0 Å². The van der Waals surface area contributed by atoms with Crippen molar-refractivity contribution in [3.8, 4) is 11.8 Å². The van der Waals surface area contributed by atoms with Gasteiger partial charge in [0, 0.05) is 11.6 Å². The summed E-state index contributed by atoms with van der Waals surface area (Å²) < 4.78 is 27.3. The second-order valence-corrected chi connectivity index (χ2v) is 6.61. The van der Waals surface area contributed by atoms with Crippen LogP contribution in [0.25, 0.3) is 0 Å². The van der Waals surface area contributed by atoms with Crippen molar-refractivity contribution in [3.05, 3.63) is 29.3 Å². The monoisotopic (exact) mass is 278 g/mol. The molecule has 0 aliphatic heterocycles. The van der Waals surface area contributed by atoms with Gasteiger partial charge in [-0.1, -0.05) is 24.8 Å². The van der Waals surface area contributed by atoms with Crippen molar-refractivity contribution in [1.82, 2.24) is 4.72 Å². The zero-order valence-electron chi connectivity index (χ0n) is 11.1. The lowest BCUT2D eigenvalue weighted by Crippen LogP contribution is -2.27. The van der Waals surface area contributed by atoms with Crippen LogP contribution in [0.1, 0.15) is 24.5 Å². The number of aryl methyl sites for hydroxylation is 1. The molecule has 1 fully saturated rings. The summed E-state index contributed by atoms with van der Waals surface area (Å²) in [5.41, 5.74) is 6.70. The topological polar surface area (TPSA) is 72.2 Å². The Morgan fingerprint density at radius 3 is 2.74 bits per heavy atom. The Morgan fingerprint density at radius 1 is 1.47 bits per heavy atom. The first-order chi connectivity index (χ1) is 8.94. The molecule has 0 amide bonds. The second-order valence-electron chi connectivity index (χ2n) is 4.93. The van der Waals surface area contributed by atoms with Crippen molar-refractivity contribution in [2.45, 2.75) is 31.2 Å². The molecular weight excluding hydrogens is 260 g/mol. The first-order valence-electron chi connectivity index (χ1n) is 6.26. The SMILES string of the molecule is Cc1ccc(C#CCN)cc1S(=O)(=O)NC1CC1C. The maximum absolute atomic E-state index is 12.3. The molecular formula is C14H18N2O2S. The van der Waals surface area contributed by atoms with Gasteiger partial charge in [-0.05, 0) is 37.0 Å². The molecule has 5 heteroatoms. The third kappa shape index (κ3) is 3.35. The molecule has 0 spiro atoms. The van der Waals surface area contributed by atoms with Crippen LogP contribution in [0.2, 0.25) is 0 Å². The van der Waals surface area contributed by atoms with Gasteiger partial charge in [-0.15, -0.1) is 0 Å². The maximum Gasteiger partial charge on any atom is 0.241 e. The van der Waals surface area contributed by atoms with Crippen molar-refractivity contribution >= 4 is 10.0 Å². The molecule has 19 heavy (non-hydrogen) atoms. The maximum atomic E-state index is 12.3. The standard InChI is InChI=1S/C14H18N2O2S/c1-10-5-6-12(4-3-7-15)9-14(10)19(17,18)16-13-8-11(13)2/h5-6,9,11,13,16H,7-8,15H2,1-2H3. The smallest absolute Gasteiger partial charge is 0.241 e. The Labute approximate surface area is 114 Å². The van der Waals surface area contributed by atoms with Gasteiger partial charge in [0.15, 0.2) is 0 Å². The highest BCUT2D eigenvalue weighted by atomic mass is 32.2. The van der Waals surface area contributed by atoms with E-state index in [9.17, 15) is 8.42 Å². The van der Waals surface area contributed by atoms with E-state index in [1.807, 2.05) is 6.92 Å². The van der Waals surface area contributed by atoms with E-state index in [1.54, 1.807) is 25.1 Å². The van der Waals surface area contributed by atoms with Crippen LogP contribution in [0.3, 0.4) is 0 Å². The van der Waals surface area contributed by atoms with Crippen molar-refractivity contribution < 1.29 is 8.42 Å². The fourth-order valence-corrected chi connectivity index (χ4v) is 3.50. The average molecular weight is 278 g/mol. The highest BCUT2D eigenvalue weighted by Crippen LogP contribution is 2.31. The number of hydrogen-bond acceptors (Lipinski definition) is 3. The lowest BCUT2D eigenvalue weighted by Gasteiger charge is -2.09. The van der Waals surface area contributed by atoms with E-state index >= 15 is 0 Å². The van der Waals surface area contributed by atoms with Crippen molar-refractivity contribution in [2.24, 2.45) is 11.7 Å². The summed E-state index contributed by atoms with van der Waals surface area (Å²) in [6.07, 6.45) is 0.908. The highest BCUT2D eigenvalue weighted by molar-refractivity contribution is 7.89. The van der Waals surface area contributed by atoms with E-state index in [0.29, 0.717) is 16.4 Å². The highest BCUT2D eigenvalue weighted by Gasteiger charge is 2.36. The van der Waals surface area contributed by atoms with E-state index in [0.717, 1.165) is 12.0 Å². The fraction of sp³-hybridized carbons (Fsp3) is 0.429. The van der Waals surface area contributed by atoms with E-state index < -0.39 is 10.0 Å². The van der Waals surface area contributed by atoms with Gasteiger partial charge in [0.1, 0.15) is 0 Å². The Bertz CT molecular complexity index is 641. The third-order valence-electron chi connectivity index (χ3n) is 3.23. The van der Waals surface area contributed by atoms with E-state index in [2.05, 4.69) is 16.6 Å². The van der Waals surface area contributed by atoms with Crippen LogP contribution in [-0.2, 0) is 10.0 Å². The fourth-order valence-electron chi connectivity index (χ4n) is 1.87. The summed E-state index contributed by atoms with van der Waals surface area (Å²) in [5.74, 6) is 6.01. The zero-order chi connectivity index (χ0) is 14.0. The minimum absolute atomic E-state index is 0.0724. The molecule has 1 aromatic carbocycles. The molecule has 3 N–H and O–H groups in total. The molecule has 2 unspecified atom stereocenters. The van der Waals surface area contributed by atoms with Crippen LogP contribution in [-0.4, -0.2) is 21.0 Å². The summed E-state index contributed by atoms with van der Waals surface area (Å²) in [6.45, 7) is 4.07. The van der Waals surface area contributed by atoms with Crippen LogP contribution in [0.4, 0.5) is 0 Å². The molecule has 1 aromatic rings. The van der Waals surface area contributed by atoms with Gasteiger partial charge >= 0.3 is 0 Å². The van der Waals surface area contributed by atoms with Gasteiger partial charge in [-0.3, -0.25) is 0 Å². The number of nitrogens with one attached hydrogen (secondary N) is 1. The molecule has 0 saturated heterocycles. The quantitative estimate of drug-likeness (QED) is 0.810. The lowest BCUT2D eigenvalue weighted by molar-refractivity contribution is 0.577. The Hall–Kier alpha value is -1.35. The minimum atomic E-state index is -3.46. The molecule has 102 valence electrons. The number of benzene rings is 1. The van der Waals surface area contributed by atoms with Gasteiger partial charge in [-0.25, -0.2) is 13.1 Å². The molecule has 1 aliphatic carbocycles. The predicted octanol–water partition coefficient (Wildman–Crippen LogP) is 0.992. The molecule has 2 atom stereocenters. The van der Waals surface area contributed by atoms with Gasteiger partial charge in [-0.2, -0.15) is 0 Å². The first kappa shape index (κ1) is 14.1. The minimum Gasteiger partial charge on any atom is -0.320 e. The van der Waals surface area contributed by atoms with Crippen molar-refractivity contribution in [3.63, 3.8) is 0 Å². The van der Waals surface area contributed by atoms with E-state index in [-0.39, 0.29) is 12.6 Å². The summed E-state index contributed by atoms with van der Waals surface area (Å²) >= 11 is 0. The molecule has 0 aromatic heterocycles.